The normalized spacial score (nSPS) is 10.4. The minimum atomic E-state index is 0.0165. The second kappa shape index (κ2) is 6.70. The summed E-state index contributed by atoms with van der Waals surface area (Å²) in [5, 5.41) is 12.6. The summed E-state index contributed by atoms with van der Waals surface area (Å²) in [6.07, 6.45) is 4.69. The number of aromatic nitrogens is 2. The number of aryl methyl sites for hydroxylation is 1. The van der Waals surface area contributed by atoms with Crippen LogP contribution in [0.1, 0.15) is 17.5 Å². The molecule has 0 atom stereocenters. The van der Waals surface area contributed by atoms with E-state index in [2.05, 4.69) is 20.8 Å². The number of benzene rings is 1. The van der Waals surface area contributed by atoms with E-state index < -0.39 is 0 Å². The highest BCUT2D eigenvalue weighted by molar-refractivity contribution is 5.90. The Kier molecular flexibility index (Phi) is 4.69. The molecule has 0 aliphatic heterocycles. The summed E-state index contributed by atoms with van der Waals surface area (Å²) in [4.78, 5) is 11.8. The van der Waals surface area contributed by atoms with Gasteiger partial charge in [0.15, 0.2) is 0 Å². The van der Waals surface area contributed by atoms with Gasteiger partial charge in [-0.2, -0.15) is 5.10 Å². The maximum absolute atomic E-state index is 11.8. The van der Waals surface area contributed by atoms with Crippen LogP contribution in [0.25, 0.3) is 0 Å². The highest BCUT2D eigenvalue weighted by Gasteiger charge is 2.04. The molecule has 0 radical (unpaired) electrons. The third-order valence-corrected chi connectivity index (χ3v) is 2.79. The van der Waals surface area contributed by atoms with Gasteiger partial charge in [0.25, 0.3) is 0 Å². The molecule has 2 aromatic rings. The number of aromatic amines is 1. The number of anilines is 1. The van der Waals surface area contributed by atoms with Gasteiger partial charge >= 0.3 is 0 Å². The summed E-state index contributed by atoms with van der Waals surface area (Å²) in [6.45, 7) is 0.790. The van der Waals surface area contributed by atoms with E-state index in [1.165, 1.54) is 0 Å². The van der Waals surface area contributed by atoms with Gasteiger partial charge < -0.3 is 10.6 Å². The Labute approximate surface area is 112 Å². The maximum Gasteiger partial charge on any atom is 0.224 e. The lowest BCUT2D eigenvalue weighted by atomic mass is 10.1. The van der Waals surface area contributed by atoms with Gasteiger partial charge in [-0.3, -0.25) is 9.89 Å². The van der Waals surface area contributed by atoms with Crippen molar-refractivity contribution in [3.8, 4) is 0 Å². The number of rotatable bonds is 6. The van der Waals surface area contributed by atoms with Gasteiger partial charge in [0.1, 0.15) is 0 Å². The zero-order valence-corrected chi connectivity index (χ0v) is 10.9. The van der Waals surface area contributed by atoms with Crippen LogP contribution >= 0.6 is 0 Å². The van der Waals surface area contributed by atoms with Gasteiger partial charge in [-0.1, -0.05) is 12.1 Å². The standard InChI is InChI=1S/C14H18N4O/c1-15-8-11-3-2-4-13(7-11)18-14(19)6-5-12-9-16-17-10-12/h2-4,7,9-10,15H,5-6,8H2,1H3,(H,16,17)(H,18,19). The second-order valence-electron chi connectivity index (χ2n) is 4.39. The topological polar surface area (TPSA) is 69.8 Å². The molecule has 1 amide bonds. The lowest BCUT2D eigenvalue weighted by Crippen LogP contribution is -2.13. The Balaban J connectivity index is 1.86. The zero-order valence-electron chi connectivity index (χ0n) is 10.9. The fraction of sp³-hybridized carbons (Fsp3) is 0.286. The van der Waals surface area contributed by atoms with Crippen LogP contribution in [-0.4, -0.2) is 23.2 Å². The molecule has 3 N–H and O–H groups in total. The van der Waals surface area contributed by atoms with E-state index in [9.17, 15) is 4.79 Å². The first kappa shape index (κ1) is 13.3. The summed E-state index contributed by atoms with van der Waals surface area (Å²) in [6, 6.07) is 7.84. The highest BCUT2D eigenvalue weighted by Crippen LogP contribution is 2.11. The van der Waals surface area contributed by atoms with Crippen LogP contribution in [0.5, 0.6) is 0 Å². The van der Waals surface area contributed by atoms with Crippen molar-refractivity contribution in [2.75, 3.05) is 12.4 Å². The van der Waals surface area contributed by atoms with Gasteiger partial charge in [0.2, 0.25) is 5.91 Å². The second-order valence-corrected chi connectivity index (χ2v) is 4.39. The first-order valence-corrected chi connectivity index (χ1v) is 6.29. The molecular formula is C14H18N4O. The molecule has 0 saturated heterocycles. The van der Waals surface area contributed by atoms with Gasteiger partial charge in [0.05, 0.1) is 6.20 Å². The number of hydrogen-bond acceptors (Lipinski definition) is 3. The van der Waals surface area contributed by atoms with Crippen molar-refractivity contribution in [1.29, 1.82) is 0 Å². The Morgan fingerprint density at radius 3 is 3.00 bits per heavy atom. The third kappa shape index (κ3) is 4.22. The Morgan fingerprint density at radius 2 is 2.26 bits per heavy atom. The SMILES string of the molecule is CNCc1cccc(NC(=O)CCc2cn[nH]c2)c1. The number of amides is 1. The summed E-state index contributed by atoms with van der Waals surface area (Å²) < 4.78 is 0. The molecule has 0 unspecified atom stereocenters. The largest absolute Gasteiger partial charge is 0.326 e. The maximum atomic E-state index is 11.8. The minimum Gasteiger partial charge on any atom is -0.326 e. The predicted octanol–water partition coefficient (Wildman–Crippen LogP) is 1.70. The molecule has 1 aromatic carbocycles. The Hall–Kier alpha value is -2.14. The molecule has 19 heavy (non-hydrogen) atoms. The highest BCUT2D eigenvalue weighted by atomic mass is 16.1. The van der Waals surface area contributed by atoms with Crippen LogP contribution in [0, 0.1) is 0 Å². The molecule has 1 aromatic heterocycles. The average Bonchev–Trinajstić information content (AvgIpc) is 2.90. The summed E-state index contributed by atoms with van der Waals surface area (Å²) in [7, 11) is 1.90. The Morgan fingerprint density at radius 1 is 1.37 bits per heavy atom. The smallest absolute Gasteiger partial charge is 0.224 e. The van der Waals surface area contributed by atoms with Crippen molar-refractivity contribution >= 4 is 11.6 Å². The molecule has 0 bridgehead atoms. The first-order valence-electron chi connectivity index (χ1n) is 6.29. The van der Waals surface area contributed by atoms with E-state index in [0.717, 1.165) is 23.4 Å². The first-order chi connectivity index (χ1) is 9.28. The molecule has 0 aliphatic carbocycles. The number of hydrogen-bond donors (Lipinski definition) is 3. The van der Waals surface area contributed by atoms with Crippen LogP contribution in [0.2, 0.25) is 0 Å². The fourth-order valence-electron chi connectivity index (χ4n) is 1.86. The lowest BCUT2D eigenvalue weighted by Gasteiger charge is -2.07. The monoisotopic (exact) mass is 258 g/mol. The van der Waals surface area contributed by atoms with Gasteiger partial charge in [0, 0.05) is 24.8 Å². The summed E-state index contributed by atoms with van der Waals surface area (Å²) in [5.74, 6) is 0.0165. The molecule has 0 spiro atoms. The molecule has 0 saturated carbocycles. The molecule has 100 valence electrons. The molecule has 2 rings (SSSR count). The van der Waals surface area contributed by atoms with Crippen LogP contribution in [-0.2, 0) is 17.8 Å². The van der Waals surface area contributed by atoms with Crippen LogP contribution in [0.4, 0.5) is 5.69 Å². The number of nitrogens with one attached hydrogen (secondary N) is 3. The van der Waals surface area contributed by atoms with Crippen molar-refractivity contribution < 1.29 is 4.79 Å². The number of carbonyl (C=O) groups excluding carboxylic acids is 1. The van der Waals surface area contributed by atoms with Crippen LogP contribution in [0.15, 0.2) is 36.7 Å². The molecule has 0 aliphatic rings. The number of nitrogens with zero attached hydrogens (tertiary/aromatic N) is 1. The molecule has 5 nitrogen and oxygen atoms in total. The van der Waals surface area contributed by atoms with E-state index in [0.29, 0.717) is 12.8 Å². The zero-order chi connectivity index (χ0) is 13.5. The molecule has 1 heterocycles. The van der Waals surface area contributed by atoms with Crippen molar-refractivity contribution in [1.82, 2.24) is 15.5 Å². The van der Waals surface area contributed by atoms with Gasteiger partial charge in [-0.05, 0) is 36.7 Å². The van der Waals surface area contributed by atoms with Crippen molar-refractivity contribution in [3.05, 3.63) is 47.8 Å². The molecule has 5 heteroatoms. The van der Waals surface area contributed by atoms with Crippen LogP contribution < -0.4 is 10.6 Å². The van der Waals surface area contributed by atoms with E-state index in [4.69, 9.17) is 0 Å². The molecular weight excluding hydrogens is 240 g/mol. The molecule has 0 fully saturated rings. The van der Waals surface area contributed by atoms with E-state index in [1.54, 1.807) is 12.4 Å². The van der Waals surface area contributed by atoms with Crippen LogP contribution in [0.3, 0.4) is 0 Å². The number of H-pyrrole nitrogens is 1. The lowest BCUT2D eigenvalue weighted by molar-refractivity contribution is -0.116. The number of carbonyl (C=O) groups is 1. The summed E-state index contributed by atoms with van der Waals surface area (Å²) in [5.41, 5.74) is 3.03. The summed E-state index contributed by atoms with van der Waals surface area (Å²) >= 11 is 0. The van der Waals surface area contributed by atoms with Crippen molar-refractivity contribution in [2.24, 2.45) is 0 Å². The quantitative estimate of drug-likeness (QED) is 0.738. The van der Waals surface area contributed by atoms with E-state index in [1.807, 2.05) is 31.3 Å². The van der Waals surface area contributed by atoms with E-state index in [-0.39, 0.29) is 5.91 Å². The average molecular weight is 258 g/mol. The van der Waals surface area contributed by atoms with E-state index >= 15 is 0 Å². The fourth-order valence-corrected chi connectivity index (χ4v) is 1.86. The van der Waals surface area contributed by atoms with Crippen molar-refractivity contribution in [2.45, 2.75) is 19.4 Å². The van der Waals surface area contributed by atoms with Crippen molar-refractivity contribution in [3.63, 3.8) is 0 Å². The van der Waals surface area contributed by atoms with Gasteiger partial charge in [-0.15, -0.1) is 0 Å². The minimum absolute atomic E-state index is 0.0165. The Bertz CT molecular complexity index is 522. The van der Waals surface area contributed by atoms with Gasteiger partial charge in [-0.25, -0.2) is 0 Å². The predicted molar refractivity (Wildman–Crippen MR) is 74.7 cm³/mol. The third-order valence-electron chi connectivity index (χ3n) is 2.79.